The molecule has 0 saturated heterocycles. The van der Waals surface area contributed by atoms with Crippen molar-refractivity contribution in [3.8, 4) is 5.75 Å². The van der Waals surface area contributed by atoms with Gasteiger partial charge in [-0.1, -0.05) is 30.3 Å². The average molecular weight is 489 g/mol. The summed E-state index contributed by atoms with van der Waals surface area (Å²) in [5.41, 5.74) is 7.03. The third-order valence-corrected chi connectivity index (χ3v) is 5.74. The lowest BCUT2D eigenvalue weighted by Gasteiger charge is -2.20. The molecule has 0 bridgehead atoms. The first-order valence-corrected chi connectivity index (χ1v) is 10.8. The van der Waals surface area contributed by atoms with E-state index in [9.17, 15) is 22.8 Å². The molecule has 1 aliphatic rings. The Balaban J connectivity index is 1.40. The Bertz CT molecular complexity index is 1210. The molecule has 176 valence electrons. The first kappa shape index (κ1) is 23.2. The van der Waals surface area contributed by atoms with E-state index in [1.54, 1.807) is 30.5 Å². The maximum absolute atomic E-state index is 12.7. The van der Waals surface area contributed by atoms with E-state index in [0.29, 0.717) is 17.2 Å². The number of thiazole rings is 1. The quantitative estimate of drug-likeness (QED) is 0.526. The van der Waals surface area contributed by atoms with Gasteiger partial charge in [0.2, 0.25) is 5.91 Å². The van der Waals surface area contributed by atoms with Gasteiger partial charge in [-0.15, -0.1) is 24.5 Å². The van der Waals surface area contributed by atoms with Crippen molar-refractivity contribution in [2.24, 2.45) is 10.8 Å². The number of nitrogens with one attached hydrogen (secondary N) is 1. The van der Waals surface area contributed by atoms with Gasteiger partial charge in [0, 0.05) is 23.9 Å². The molecule has 4 rings (SSSR count). The molecular formula is C22H18F3N5O3S. The number of carbonyl (C=O) groups is 2. The van der Waals surface area contributed by atoms with E-state index < -0.39 is 24.2 Å². The highest BCUT2D eigenvalue weighted by Crippen LogP contribution is 2.27. The zero-order chi connectivity index (χ0) is 24.3. The lowest BCUT2D eigenvalue weighted by Crippen LogP contribution is -2.39. The number of halogens is 3. The maximum atomic E-state index is 12.7. The average Bonchev–Trinajstić information content (AvgIpc) is 3.42. The van der Waals surface area contributed by atoms with Crippen LogP contribution < -0.4 is 20.8 Å². The summed E-state index contributed by atoms with van der Waals surface area (Å²) in [5.74, 6) is -1.40. The Morgan fingerprint density at radius 1 is 1.15 bits per heavy atom. The number of amides is 2. The zero-order valence-corrected chi connectivity index (χ0v) is 18.3. The van der Waals surface area contributed by atoms with Crippen molar-refractivity contribution >= 4 is 39.7 Å². The molecule has 2 heterocycles. The van der Waals surface area contributed by atoms with Gasteiger partial charge in [0.15, 0.2) is 5.13 Å². The van der Waals surface area contributed by atoms with Crippen LogP contribution in [0.5, 0.6) is 5.75 Å². The minimum absolute atomic E-state index is 0.0562. The number of hydrogen-bond acceptors (Lipinski definition) is 7. The van der Waals surface area contributed by atoms with Gasteiger partial charge in [-0.05, 0) is 29.8 Å². The van der Waals surface area contributed by atoms with Gasteiger partial charge in [-0.2, -0.15) is 5.10 Å². The molecule has 0 radical (unpaired) electrons. The Kier molecular flexibility index (Phi) is 6.50. The van der Waals surface area contributed by atoms with Crippen LogP contribution in [0, 0.1) is 0 Å². The fourth-order valence-electron chi connectivity index (χ4n) is 3.31. The summed E-state index contributed by atoms with van der Waals surface area (Å²) in [4.78, 5) is 29.6. The first-order valence-electron chi connectivity index (χ1n) is 10.00. The third kappa shape index (κ3) is 5.70. The molecule has 3 N–H and O–H groups in total. The standard InChI is InChI=1S/C22H18F3N5O3S/c23-22(24,25)33-15-8-6-13(7-9-15)10-16-12-27-21(34-16)28-20(32)17-11-18(19(26)31)30(29-17)14-4-2-1-3-5-14/h1-9,12,18H,10-11H2,(H2,26,31)(H,27,28,32)/t18-/m1/s1. The van der Waals surface area contributed by atoms with Crippen LogP contribution in [-0.4, -0.2) is 34.9 Å². The van der Waals surface area contributed by atoms with Crippen molar-refractivity contribution in [1.82, 2.24) is 4.98 Å². The smallest absolute Gasteiger partial charge is 0.406 e. The predicted molar refractivity (Wildman–Crippen MR) is 121 cm³/mol. The van der Waals surface area contributed by atoms with Gasteiger partial charge in [0.25, 0.3) is 5.91 Å². The molecule has 0 unspecified atom stereocenters. The monoisotopic (exact) mass is 489 g/mol. The van der Waals surface area contributed by atoms with E-state index in [1.165, 1.54) is 40.6 Å². The van der Waals surface area contributed by atoms with Gasteiger partial charge in [0.05, 0.1) is 5.69 Å². The molecule has 8 nitrogen and oxygen atoms in total. The van der Waals surface area contributed by atoms with Crippen LogP contribution in [0.1, 0.15) is 16.9 Å². The molecule has 0 spiro atoms. The zero-order valence-electron chi connectivity index (χ0n) is 17.5. The Labute approximate surface area is 195 Å². The maximum Gasteiger partial charge on any atom is 0.573 e. The molecule has 2 aromatic carbocycles. The van der Waals surface area contributed by atoms with Crippen molar-refractivity contribution in [3.63, 3.8) is 0 Å². The molecule has 1 aromatic heterocycles. The largest absolute Gasteiger partial charge is 0.573 e. The van der Waals surface area contributed by atoms with Crippen LogP contribution in [0.4, 0.5) is 24.0 Å². The SMILES string of the molecule is NC(=O)[C@H]1CC(C(=O)Nc2ncc(Cc3ccc(OC(F)(F)F)cc3)s2)=NN1c1ccccc1. The van der Waals surface area contributed by atoms with E-state index in [0.717, 1.165) is 10.4 Å². The summed E-state index contributed by atoms with van der Waals surface area (Å²) < 4.78 is 40.7. The summed E-state index contributed by atoms with van der Waals surface area (Å²) in [6, 6.07) is 13.6. The Morgan fingerprint density at radius 2 is 1.85 bits per heavy atom. The molecule has 0 saturated carbocycles. The number of nitrogens with zero attached hydrogens (tertiary/aromatic N) is 3. The highest BCUT2D eigenvalue weighted by molar-refractivity contribution is 7.15. The van der Waals surface area contributed by atoms with Gasteiger partial charge in [-0.3, -0.25) is 19.9 Å². The van der Waals surface area contributed by atoms with Crippen LogP contribution in [0.15, 0.2) is 65.9 Å². The van der Waals surface area contributed by atoms with Crippen LogP contribution in [0.3, 0.4) is 0 Å². The number of rotatable bonds is 7. The summed E-state index contributed by atoms with van der Waals surface area (Å²) in [5, 5.41) is 8.71. The molecule has 1 aliphatic heterocycles. The highest BCUT2D eigenvalue weighted by atomic mass is 32.1. The van der Waals surface area contributed by atoms with Crippen LogP contribution in [0.2, 0.25) is 0 Å². The van der Waals surface area contributed by atoms with E-state index in [1.807, 2.05) is 6.07 Å². The third-order valence-electron chi connectivity index (χ3n) is 4.83. The minimum Gasteiger partial charge on any atom is -0.406 e. The van der Waals surface area contributed by atoms with Crippen molar-refractivity contribution in [3.05, 3.63) is 71.2 Å². The molecule has 12 heteroatoms. The second-order valence-electron chi connectivity index (χ2n) is 7.30. The highest BCUT2D eigenvalue weighted by Gasteiger charge is 2.35. The number of carbonyl (C=O) groups excluding carboxylic acids is 2. The fraction of sp³-hybridized carbons (Fsp3) is 0.182. The number of alkyl halides is 3. The van der Waals surface area contributed by atoms with Gasteiger partial charge in [-0.25, -0.2) is 4.98 Å². The molecule has 3 aromatic rings. The molecular weight excluding hydrogens is 471 g/mol. The topological polar surface area (TPSA) is 110 Å². The normalized spacial score (nSPS) is 15.7. The minimum atomic E-state index is -4.74. The molecule has 34 heavy (non-hydrogen) atoms. The second kappa shape index (κ2) is 9.51. The van der Waals surface area contributed by atoms with Crippen LogP contribution in [-0.2, 0) is 16.0 Å². The molecule has 0 fully saturated rings. The lowest BCUT2D eigenvalue weighted by molar-refractivity contribution is -0.274. The number of para-hydroxylation sites is 1. The van der Waals surface area contributed by atoms with Crippen molar-refractivity contribution in [1.29, 1.82) is 0 Å². The summed E-state index contributed by atoms with van der Waals surface area (Å²) in [6.45, 7) is 0. The number of primary amides is 1. The van der Waals surface area contributed by atoms with E-state index in [4.69, 9.17) is 5.73 Å². The van der Waals surface area contributed by atoms with E-state index in [2.05, 4.69) is 20.1 Å². The summed E-state index contributed by atoms with van der Waals surface area (Å²) >= 11 is 1.22. The summed E-state index contributed by atoms with van der Waals surface area (Å²) in [6.07, 6.45) is -2.71. The number of nitrogens with two attached hydrogens (primary N) is 1. The van der Waals surface area contributed by atoms with E-state index in [-0.39, 0.29) is 17.9 Å². The van der Waals surface area contributed by atoms with Gasteiger partial charge >= 0.3 is 6.36 Å². The molecule has 0 aliphatic carbocycles. The van der Waals surface area contributed by atoms with Crippen LogP contribution >= 0.6 is 11.3 Å². The van der Waals surface area contributed by atoms with Crippen molar-refractivity contribution in [2.75, 3.05) is 10.3 Å². The van der Waals surface area contributed by atoms with Gasteiger partial charge < -0.3 is 10.5 Å². The fourth-order valence-corrected chi connectivity index (χ4v) is 4.16. The van der Waals surface area contributed by atoms with Crippen molar-refractivity contribution < 1.29 is 27.5 Å². The van der Waals surface area contributed by atoms with E-state index >= 15 is 0 Å². The van der Waals surface area contributed by atoms with Crippen LogP contribution in [0.25, 0.3) is 0 Å². The summed E-state index contributed by atoms with van der Waals surface area (Å²) in [7, 11) is 0. The number of anilines is 2. The Hall–Kier alpha value is -3.93. The molecule has 1 atom stereocenters. The number of hydrogen-bond donors (Lipinski definition) is 2. The lowest BCUT2D eigenvalue weighted by atomic mass is 10.1. The van der Waals surface area contributed by atoms with Crippen molar-refractivity contribution in [2.45, 2.75) is 25.2 Å². The number of aromatic nitrogens is 1. The number of ether oxygens (including phenoxy) is 1. The predicted octanol–water partition coefficient (Wildman–Crippen LogP) is 3.69. The first-order chi connectivity index (χ1) is 16.2. The molecule has 2 amide bonds. The van der Waals surface area contributed by atoms with Gasteiger partial charge in [0.1, 0.15) is 17.5 Å². The number of benzene rings is 2. The second-order valence-corrected chi connectivity index (χ2v) is 8.42. The number of hydrazone groups is 1. The Morgan fingerprint density at radius 3 is 2.50 bits per heavy atom.